The van der Waals surface area contributed by atoms with E-state index in [9.17, 15) is 4.79 Å². The quantitative estimate of drug-likeness (QED) is 0.848. The number of Topliss-reactive ketones (excluding diaryl/α,β-unsaturated/α-hetero) is 1. The van der Waals surface area contributed by atoms with Crippen LogP contribution < -0.4 is 0 Å². The highest BCUT2D eigenvalue weighted by Gasteiger charge is 2.39. The SMILES string of the molecule is Cn1cc2c3c1C(=O)C(=N)CC3=[N+](Cc1ccccc1)CC2. The Morgan fingerprint density at radius 1 is 1.27 bits per heavy atom. The van der Waals surface area contributed by atoms with Crippen LogP contribution in [0.4, 0.5) is 0 Å². The minimum absolute atomic E-state index is 0.117. The zero-order chi connectivity index (χ0) is 15.3. The molecule has 0 bridgehead atoms. The van der Waals surface area contributed by atoms with E-state index in [1.165, 1.54) is 11.1 Å². The molecule has 110 valence electrons. The summed E-state index contributed by atoms with van der Waals surface area (Å²) in [6.07, 6.45) is 3.47. The summed E-state index contributed by atoms with van der Waals surface area (Å²) in [7, 11) is 1.91. The first kappa shape index (κ1) is 13.2. The summed E-state index contributed by atoms with van der Waals surface area (Å²) in [5, 5.41) is 8.05. The Morgan fingerprint density at radius 2 is 2.05 bits per heavy atom. The van der Waals surface area contributed by atoms with Crippen LogP contribution in [-0.4, -0.2) is 32.9 Å². The lowest BCUT2D eigenvalue weighted by atomic mass is 9.87. The molecule has 1 N–H and O–H groups in total. The molecule has 0 amide bonds. The van der Waals surface area contributed by atoms with E-state index in [0.29, 0.717) is 12.1 Å². The second-order valence-corrected chi connectivity index (χ2v) is 6.08. The van der Waals surface area contributed by atoms with Crippen LogP contribution in [0.25, 0.3) is 0 Å². The van der Waals surface area contributed by atoms with Gasteiger partial charge >= 0.3 is 0 Å². The molecule has 1 aliphatic carbocycles. The van der Waals surface area contributed by atoms with Gasteiger partial charge in [-0.2, -0.15) is 0 Å². The molecule has 2 aliphatic rings. The first-order valence-corrected chi connectivity index (χ1v) is 7.60. The number of aromatic nitrogens is 1. The predicted octanol–water partition coefficient (Wildman–Crippen LogP) is 2.19. The standard InChI is InChI=1S/C18H18N3O/c1-20-11-13-7-8-21(10-12-5-3-2-4-6-12)15-9-14(19)18(22)17(20)16(13)15/h2-6,11,19H,7-10H2,1H3/q+1. The van der Waals surface area contributed by atoms with Crippen LogP contribution in [-0.2, 0) is 20.0 Å². The molecule has 22 heavy (non-hydrogen) atoms. The minimum atomic E-state index is -0.117. The van der Waals surface area contributed by atoms with Crippen molar-refractivity contribution in [3.63, 3.8) is 0 Å². The van der Waals surface area contributed by atoms with E-state index in [4.69, 9.17) is 5.41 Å². The highest BCUT2D eigenvalue weighted by atomic mass is 16.1. The number of benzene rings is 1. The molecule has 0 saturated carbocycles. The summed E-state index contributed by atoms with van der Waals surface area (Å²) in [6, 6.07) is 10.4. The van der Waals surface area contributed by atoms with Crippen LogP contribution >= 0.6 is 0 Å². The highest BCUT2D eigenvalue weighted by molar-refractivity contribution is 6.51. The van der Waals surface area contributed by atoms with Gasteiger partial charge in [0.1, 0.15) is 12.2 Å². The molecule has 2 heterocycles. The lowest BCUT2D eigenvalue weighted by Crippen LogP contribution is -2.37. The van der Waals surface area contributed by atoms with E-state index >= 15 is 0 Å². The second-order valence-electron chi connectivity index (χ2n) is 6.08. The lowest BCUT2D eigenvalue weighted by molar-refractivity contribution is -0.545. The first-order chi connectivity index (χ1) is 10.6. The van der Waals surface area contributed by atoms with Gasteiger partial charge in [-0.15, -0.1) is 0 Å². The van der Waals surface area contributed by atoms with Gasteiger partial charge in [0.2, 0.25) is 5.78 Å². The number of carbonyl (C=O) groups excluding carboxylic acids is 1. The number of hydrogen-bond donors (Lipinski definition) is 1. The number of nitrogens with one attached hydrogen (secondary N) is 1. The second kappa shape index (κ2) is 4.77. The molecule has 2 aromatic rings. The van der Waals surface area contributed by atoms with Crippen LogP contribution in [0.15, 0.2) is 36.5 Å². The molecular weight excluding hydrogens is 274 g/mol. The first-order valence-electron chi connectivity index (χ1n) is 7.60. The summed E-state index contributed by atoms with van der Waals surface area (Å²) < 4.78 is 4.23. The molecule has 0 fully saturated rings. The van der Waals surface area contributed by atoms with Gasteiger partial charge in [-0.25, -0.2) is 4.58 Å². The Labute approximate surface area is 129 Å². The monoisotopic (exact) mass is 292 g/mol. The van der Waals surface area contributed by atoms with E-state index in [0.717, 1.165) is 30.8 Å². The van der Waals surface area contributed by atoms with Crippen molar-refractivity contribution in [3.8, 4) is 0 Å². The van der Waals surface area contributed by atoms with Gasteiger partial charge in [-0.3, -0.25) is 4.79 Å². The van der Waals surface area contributed by atoms with Crippen molar-refractivity contribution in [1.29, 1.82) is 5.41 Å². The van der Waals surface area contributed by atoms with Gasteiger partial charge in [-0.1, -0.05) is 30.3 Å². The highest BCUT2D eigenvalue weighted by Crippen LogP contribution is 2.28. The summed E-state index contributed by atoms with van der Waals surface area (Å²) in [6.45, 7) is 1.79. The fourth-order valence-corrected chi connectivity index (χ4v) is 3.59. The largest absolute Gasteiger partial charge is 0.347 e. The fourth-order valence-electron chi connectivity index (χ4n) is 3.59. The molecule has 0 spiro atoms. The van der Waals surface area contributed by atoms with Crippen LogP contribution in [0.5, 0.6) is 0 Å². The number of rotatable bonds is 2. The zero-order valence-electron chi connectivity index (χ0n) is 12.6. The lowest BCUT2D eigenvalue weighted by Gasteiger charge is -2.20. The topological polar surface area (TPSA) is 48.9 Å². The van der Waals surface area contributed by atoms with Crippen molar-refractivity contribution in [2.75, 3.05) is 6.54 Å². The van der Waals surface area contributed by atoms with Gasteiger partial charge in [-0.05, 0) is 5.56 Å². The summed E-state index contributed by atoms with van der Waals surface area (Å²) in [4.78, 5) is 12.3. The Kier molecular flexibility index (Phi) is 2.86. The third-order valence-corrected chi connectivity index (χ3v) is 4.63. The van der Waals surface area contributed by atoms with Gasteiger partial charge in [0.05, 0.1) is 17.7 Å². The molecule has 1 aromatic carbocycles. The average molecular weight is 292 g/mol. The van der Waals surface area contributed by atoms with Crippen molar-refractivity contribution in [3.05, 3.63) is 58.9 Å². The number of carbonyl (C=O) groups is 1. The van der Waals surface area contributed by atoms with Gasteiger partial charge in [0.15, 0.2) is 12.3 Å². The van der Waals surface area contributed by atoms with Crippen LogP contribution in [0.2, 0.25) is 0 Å². The maximum Gasteiger partial charge on any atom is 0.224 e. The maximum absolute atomic E-state index is 12.3. The van der Waals surface area contributed by atoms with E-state index in [2.05, 4.69) is 35.0 Å². The van der Waals surface area contributed by atoms with Crippen LogP contribution in [0, 0.1) is 5.41 Å². The van der Waals surface area contributed by atoms with Crippen molar-refractivity contribution in [2.45, 2.75) is 19.4 Å². The zero-order valence-corrected chi connectivity index (χ0v) is 12.6. The van der Waals surface area contributed by atoms with Gasteiger partial charge in [0, 0.05) is 25.2 Å². The number of nitrogens with zero attached hydrogens (tertiary/aromatic N) is 2. The third-order valence-electron chi connectivity index (χ3n) is 4.63. The van der Waals surface area contributed by atoms with E-state index in [1.54, 1.807) is 0 Å². The summed E-state index contributed by atoms with van der Waals surface area (Å²) >= 11 is 0. The fraction of sp³-hybridized carbons (Fsp3) is 0.278. The van der Waals surface area contributed by atoms with Gasteiger partial charge < -0.3 is 9.98 Å². The molecule has 0 saturated heterocycles. The minimum Gasteiger partial charge on any atom is -0.347 e. The normalized spacial score (nSPS) is 17.0. The Hall–Kier alpha value is -2.49. The molecule has 0 atom stereocenters. The third kappa shape index (κ3) is 1.87. The Bertz CT molecular complexity index is 828. The molecule has 1 aliphatic heterocycles. The van der Waals surface area contributed by atoms with Gasteiger partial charge in [0.25, 0.3) is 0 Å². The molecule has 4 nitrogen and oxygen atoms in total. The van der Waals surface area contributed by atoms with E-state index in [-0.39, 0.29) is 11.5 Å². The maximum atomic E-state index is 12.3. The Balaban J connectivity index is 1.86. The van der Waals surface area contributed by atoms with Crippen molar-refractivity contribution < 1.29 is 9.37 Å². The summed E-state index contributed by atoms with van der Waals surface area (Å²) in [5.41, 5.74) is 5.64. The molecule has 0 radical (unpaired) electrons. The van der Waals surface area contributed by atoms with Crippen LogP contribution in [0.3, 0.4) is 0 Å². The smallest absolute Gasteiger partial charge is 0.224 e. The number of hydrogen-bond acceptors (Lipinski definition) is 2. The summed E-state index contributed by atoms with van der Waals surface area (Å²) in [5.74, 6) is -0.117. The molecule has 1 aromatic heterocycles. The van der Waals surface area contributed by atoms with Crippen molar-refractivity contribution in [1.82, 2.24) is 4.57 Å². The number of aryl methyl sites for hydroxylation is 1. The number of ketones is 1. The Morgan fingerprint density at radius 3 is 2.82 bits per heavy atom. The average Bonchev–Trinajstić information content (AvgIpc) is 2.86. The molecule has 0 unspecified atom stereocenters. The molecular formula is C18H18N3O+. The van der Waals surface area contributed by atoms with E-state index < -0.39 is 0 Å². The van der Waals surface area contributed by atoms with Crippen molar-refractivity contribution in [2.24, 2.45) is 7.05 Å². The van der Waals surface area contributed by atoms with E-state index in [1.807, 2.05) is 17.7 Å². The van der Waals surface area contributed by atoms with Crippen molar-refractivity contribution >= 4 is 17.2 Å². The molecule has 4 heteroatoms. The predicted molar refractivity (Wildman–Crippen MR) is 85.2 cm³/mol. The molecule has 4 rings (SSSR count). The van der Waals surface area contributed by atoms with Crippen LogP contribution in [0.1, 0.15) is 33.6 Å².